The lowest BCUT2D eigenvalue weighted by Gasteiger charge is -2.18. The van der Waals surface area contributed by atoms with Gasteiger partial charge in [0.15, 0.2) is 0 Å². The molecule has 1 atom stereocenters. The Morgan fingerprint density at radius 3 is 2.74 bits per heavy atom. The van der Waals surface area contributed by atoms with E-state index in [4.69, 9.17) is 9.26 Å². The first-order valence-corrected chi connectivity index (χ1v) is 8.08. The van der Waals surface area contributed by atoms with Gasteiger partial charge in [0.05, 0.1) is 19.3 Å². The van der Waals surface area contributed by atoms with E-state index in [1.165, 1.54) is 0 Å². The molecular formula is C17H23N3O3. The van der Waals surface area contributed by atoms with Crippen LogP contribution in [0.25, 0.3) is 11.4 Å². The third kappa shape index (κ3) is 4.30. The highest BCUT2D eigenvalue weighted by molar-refractivity contribution is 5.55. The van der Waals surface area contributed by atoms with E-state index in [0.29, 0.717) is 37.3 Å². The van der Waals surface area contributed by atoms with Crippen LogP contribution in [-0.2, 0) is 6.54 Å². The summed E-state index contributed by atoms with van der Waals surface area (Å²) in [4.78, 5) is 6.43. The van der Waals surface area contributed by atoms with E-state index in [-0.39, 0.29) is 6.10 Å². The van der Waals surface area contributed by atoms with E-state index in [2.05, 4.69) is 10.1 Å². The molecule has 1 aliphatic carbocycles. The van der Waals surface area contributed by atoms with Gasteiger partial charge in [0.25, 0.3) is 0 Å². The molecule has 0 saturated heterocycles. The van der Waals surface area contributed by atoms with Crippen LogP contribution < -0.4 is 4.74 Å². The van der Waals surface area contributed by atoms with Crippen molar-refractivity contribution in [2.75, 3.05) is 20.2 Å². The zero-order valence-corrected chi connectivity index (χ0v) is 13.6. The molecule has 124 valence electrons. The van der Waals surface area contributed by atoms with Crippen molar-refractivity contribution in [3.05, 3.63) is 30.2 Å². The summed E-state index contributed by atoms with van der Waals surface area (Å²) in [5.41, 5.74) is 0.893. The van der Waals surface area contributed by atoms with E-state index in [0.717, 1.165) is 24.2 Å². The lowest BCUT2D eigenvalue weighted by Crippen LogP contribution is -2.30. The first-order valence-electron chi connectivity index (χ1n) is 8.08. The summed E-state index contributed by atoms with van der Waals surface area (Å²) in [6.45, 7) is 3.76. The zero-order chi connectivity index (χ0) is 16.2. The van der Waals surface area contributed by atoms with Gasteiger partial charge >= 0.3 is 0 Å². The van der Waals surface area contributed by atoms with Crippen molar-refractivity contribution < 1.29 is 14.4 Å². The fourth-order valence-electron chi connectivity index (χ4n) is 2.55. The maximum atomic E-state index is 9.97. The molecule has 0 bridgehead atoms. The molecule has 0 amide bonds. The first kappa shape index (κ1) is 16.0. The number of aliphatic hydroxyl groups excluding tert-OH is 1. The van der Waals surface area contributed by atoms with E-state index >= 15 is 0 Å². The number of rotatable bonds is 8. The molecule has 1 aromatic carbocycles. The van der Waals surface area contributed by atoms with Gasteiger partial charge < -0.3 is 14.4 Å². The molecule has 23 heavy (non-hydrogen) atoms. The molecule has 1 unspecified atom stereocenters. The smallest absolute Gasteiger partial charge is 0.241 e. The summed E-state index contributed by atoms with van der Waals surface area (Å²) >= 11 is 0. The minimum absolute atomic E-state index is 0.256. The quantitative estimate of drug-likeness (QED) is 0.806. The highest BCUT2D eigenvalue weighted by Crippen LogP contribution is 2.32. The zero-order valence-electron chi connectivity index (χ0n) is 13.6. The van der Waals surface area contributed by atoms with Crippen LogP contribution in [0.2, 0.25) is 0 Å². The molecule has 1 heterocycles. The minimum atomic E-state index is -0.256. The number of aliphatic hydroxyl groups is 1. The van der Waals surface area contributed by atoms with Crippen LogP contribution in [0, 0.1) is 5.92 Å². The summed E-state index contributed by atoms with van der Waals surface area (Å²) in [5, 5.41) is 14.0. The molecule has 3 rings (SSSR count). The molecule has 1 aromatic heterocycles. The summed E-state index contributed by atoms with van der Waals surface area (Å²) in [6.07, 6.45) is 2.02. The van der Waals surface area contributed by atoms with E-state index in [9.17, 15) is 5.11 Å². The number of hydrogen-bond donors (Lipinski definition) is 1. The summed E-state index contributed by atoms with van der Waals surface area (Å²) < 4.78 is 10.7. The second kappa shape index (κ2) is 7.10. The molecular weight excluding hydrogens is 294 g/mol. The third-order valence-corrected chi connectivity index (χ3v) is 3.96. The van der Waals surface area contributed by atoms with Crippen LogP contribution in [0.15, 0.2) is 28.8 Å². The van der Waals surface area contributed by atoms with Crippen LogP contribution in [0.4, 0.5) is 0 Å². The van der Waals surface area contributed by atoms with Crippen LogP contribution in [0.3, 0.4) is 0 Å². The number of nitrogens with zero attached hydrogens (tertiary/aromatic N) is 3. The average Bonchev–Trinajstić information content (AvgIpc) is 3.29. The standard InChI is InChI=1S/C17H23N3O3/c1-3-22-14-8-6-13(7-9-14)17-18-16(23-19-17)11-20(2)10-15(21)12-4-5-12/h6-9,12,15,21H,3-5,10-11H2,1-2H3. The summed E-state index contributed by atoms with van der Waals surface area (Å²) in [5.74, 6) is 2.42. The molecule has 1 saturated carbocycles. The van der Waals surface area contributed by atoms with Crippen molar-refractivity contribution in [3.63, 3.8) is 0 Å². The van der Waals surface area contributed by atoms with Gasteiger partial charge in [0.1, 0.15) is 5.75 Å². The Kier molecular flexibility index (Phi) is 4.93. The van der Waals surface area contributed by atoms with Crippen molar-refractivity contribution in [2.24, 2.45) is 5.92 Å². The SMILES string of the molecule is CCOc1ccc(-c2noc(CN(C)CC(O)C3CC3)n2)cc1. The Balaban J connectivity index is 1.58. The fraction of sp³-hybridized carbons (Fsp3) is 0.529. The number of hydrogen-bond acceptors (Lipinski definition) is 6. The Labute approximate surface area is 136 Å². The number of ether oxygens (including phenoxy) is 1. The molecule has 1 N–H and O–H groups in total. The predicted octanol–water partition coefficient (Wildman–Crippen LogP) is 2.34. The molecule has 0 radical (unpaired) electrons. The van der Waals surface area contributed by atoms with Crippen molar-refractivity contribution >= 4 is 0 Å². The predicted molar refractivity (Wildman–Crippen MR) is 86.0 cm³/mol. The second-order valence-corrected chi connectivity index (χ2v) is 6.07. The van der Waals surface area contributed by atoms with Gasteiger partial charge in [0, 0.05) is 12.1 Å². The molecule has 6 nitrogen and oxygen atoms in total. The monoisotopic (exact) mass is 317 g/mol. The van der Waals surface area contributed by atoms with Gasteiger partial charge in [-0.05, 0) is 57.0 Å². The molecule has 6 heteroatoms. The number of likely N-dealkylation sites (N-methyl/N-ethyl adjacent to an activating group) is 1. The summed E-state index contributed by atoms with van der Waals surface area (Å²) in [6, 6.07) is 7.63. The van der Waals surface area contributed by atoms with Crippen molar-refractivity contribution in [3.8, 4) is 17.1 Å². The average molecular weight is 317 g/mol. The van der Waals surface area contributed by atoms with Gasteiger partial charge in [-0.1, -0.05) is 5.16 Å². The van der Waals surface area contributed by atoms with Crippen molar-refractivity contribution in [1.29, 1.82) is 0 Å². The topological polar surface area (TPSA) is 71.6 Å². The van der Waals surface area contributed by atoms with E-state index in [1.807, 2.05) is 43.1 Å². The van der Waals surface area contributed by atoms with Gasteiger partial charge in [-0.15, -0.1) is 0 Å². The maximum Gasteiger partial charge on any atom is 0.241 e. The van der Waals surface area contributed by atoms with Crippen LogP contribution >= 0.6 is 0 Å². The van der Waals surface area contributed by atoms with E-state index < -0.39 is 0 Å². The first-order chi connectivity index (χ1) is 11.2. The number of benzene rings is 1. The molecule has 1 fully saturated rings. The second-order valence-electron chi connectivity index (χ2n) is 6.07. The Bertz CT molecular complexity index is 622. The van der Waals surface area contributed by atoms with Crippen LogP contribution in [0.5, 0.6) is 5.75 Å². The largest absolute Gasteiger partial charge is 0.494 e. The normalized spacial score (nSPS) is 15.8. The molecule has 0 aliphatic heterocycles. The third-order valence-electron chi connectivity index (χ3n) is 3.96. The maximum absolute atomic E-state index is 9.97. The Morgan fingerprint density at radius 2 is 2.09 bits per heavy atom. The fourth-order valence-corrected chi connectivity index (χ4v) is 2.55. The van der Waals surface area contributed by atoms with E-state index in [1.54, 1.807) is 0 Å². The Morgan fingerprint density at radius 1 is 1.35 bits per heavy atom. The summed E-state index contributed by atoms with van der Waals surface area (Å²) in [7, 11) is 1.95. The number of aromatic nitrogens is 2. The minimum Gasteiger partial charge on any atom is -0.494 e. The van der Waals surface area contributed by atoms with Crippen molar-refractivity contribution in [2.45, 2.75) is 32.4 Å². The van der Waals surface area contributed by atoms with Gasteiger partial charge in [-0.3, -0.25) is 4.90 Å². The molecule has 1 aliphatic rings. The molecule has 2 aromatic rings. The molecule has 0 spiro atoms. The van der Waals surface area contributed by atoms with Gasteiger partial charge in [0.2, 0.25) is 11.7 Å². The lowest BCUT2D eigenvalue weighted by molar-refractivity contribution is 0.0992. The van der Waals surface area contributed by atoms with Crippen molar-refractivity contribution in [1.82, 2.24) is 15.0 Å². The highest BCUT2D eigenvalue weighted by Gasteiger charge is 2.30. The van der Waals surface area contributed by atoms with Crippen LogP contribution in [-0.4, -0.2) is 46.5 Å². The highest BCUT2D eigenvalue weighted by atomic mass is 16.5. The van der Waals surface area contributed by atoms with Crippen LogP contribution in [0.1, 0.15) is 25.7 Å². The Hall–Kier alpha value is -1.92. The van der Waals surface area contributed by atoms with Gasteiger partial charge in [-0.25, -0.2) is 0 Å². The van der Waals surface area contributed by atoms with Gasteiger partial charge in [-0.2, -0.15) is 4.98 Å². The lowest BCUT2D eigenvalue weighted by atomic mass is 10.2.